The van der Waals surface area contributed by atoms with Gasteiger partial charge < -0.3 is 14.8 Å². The number of esters is 2. The number of anilines is 1. The Balaban J connectivity index is 2.51. The molecule has 19 heavy (non-hydrogen) atoms. The van der Waals surface area contributed by atoms with Gasteiger partial charge in [-0.05, 0) is 24.3 Å². The molecule has 6 nitrogen and oxygen atoms in total. The lowest BCUT2D eigenvalue weighted by Crippen LogP contribution is -2.14. The second-order valence-corrected chi connectivity index (χ2v) is 3.69. The van der Waals surface area contributed by atoms with E-state index in [2.05, 4.69) is 14.8 Å². The Bertz CT molecular complexity index is 466. The van der Waals surface area contributed by atoms with E-state index in [0.717, 1.165) is 0 Å². The van der Waals surface area contributed by atoms with E-state index in [1.807, 2.05) is 0 Å². The zero-order valence-corrected chi connectivity index (χ0v) is 10.8. The van der Waals surface area contributed by atoms with Gasteiger partial charge in [-0.15, -0.1) is 0 Å². The molecule has 0 radical (unpaired) electrons. The molecule has 0 aliphatic carbocycles. The van der Waals surface area contributed by atoms with Gasteiger partial charge in [-0.25, -0.2) is 4.79 Å². The van der Waals surface area contributed by atoms with Gasteiger partial charge in [-0.3, -0.25) is 9.59 Å². The molecule has 0 saturated carbocycles. The number of rotatable bonds is 5. The monoisotopic (exact) mass is 265 g/mol. The molecule has 1 N–H and O–H groups in total. The van der Waals surface area contributed by atoms with E-state index in [9.17, 15) is 14.4 Å². The van der Waals surface area contributed by atoms with Crippen molar-refractivity contribution in [1.82, 2.24) is 0 Å². The Morgan fingerprint density at radius 2 is 1.63 bits per heavy atom. The minimum atomic E-state index is -0.441. The third kappa shape index (κ3) is 4.79. The number of nitrogens with one attached hydrogen (secondary N) is 1. The molecule has 0 saturated heterocycles. The predicted molar refractivity (Wildman–Crippen MR) is 67.7 cm³/mol. The van der Waals surface area contributed by atoms with E-state index in [-0.39, 0.29) is 18.7 Å². The number of ether oxygens (including phenoxy) is 2. The van der Waals surface area contributed by atoms with Gasteiger partial charge in [0.25, 0.3) is 0 Å². The van der Waals surface area contributed by atoms with Crippen molar-refractivity contribution in [3.8, 4) is 0 Å². The van der Waals surface area contributed by atoms with Crippen LogP contribution in [0.3, 0.4) is 0 Å². The van der Waals surface area contributed by atoms with Gasteiger partial charge in [0, 0.05) is 12.1 Å². The molecule has 0 aromatic heterocycles. The molecule has 0 bridgehead atoms. The van der Waals surface area contributed by atoms with E-state index in [4.69, 9.17) is 0 Å². The van der Waals surface area contributed by atoms with Crippen LogP contribution in [0.4, 0.5) is 5.69 Å². The van der Waals surface area contributed by atoms with Crippen LogP contribution in [0, 0.1) is 0 Å². The van der Waals surface area contributed by atoms with Crippen LogP contribution in [0.1, 0.15) is 23.2 Å². The van der Waals surface area contributed by atoms with Gasteiger partial charge in [-0.1, -0.05) is 0 Å². The van der Waals surface area contributed by atoms with E-state index in [1.54, 1.807) is 24.3 Å². The van der Waals surface area contributed by atoms with E-state index in [1.165, 1.54) is 14.2 Å². The van der Waals surface area contributed by atoms with E-state index < -0.39 is 11.9 Å². The lowest BCUT2D eigenvalue weighted by atomic mass is 10.2. The fourth-order valence-electron chi connectivity index (χ4n) is 1.35. The van der Waals surface area contributed by atoms with Crippen LogP contribution < -0.4 is 5.32 Å². The van der Waals surface area contributed by atoms with Crippen LogP contribution in [0.2, 0.25) is 0 Å². The zero-order chi connectivity index (χ0) is 14.3. The Kier molecular flexibility index (Phi) is 5.53. The lowest BCUT2D eigenvalue weighted by molar-refractivity contribution is -0.141. The fraction of sp³-hybridized carbons (Fsp3) is 0.308. The molecule has 0 fully saturated rings. The number of amides is 1. The molecule has 6 heteroatoms. The predicted octanol–water partition coefficient (Wildman–Crippen LogP) is 1.36. The van der Waals surface area contributed by atoms with E-state index in [0.29, 0.717) is 11.3 Å². The molecule has 102 valence electrons. The first kappa shape index (κ1) is 14.7. The fourth-order valence-corrected chi connectivity index (χ4v) is 1.35. The van der Waals surface area contributed by atoms with Crippen molar-refractivity contribution < 1.29 is 23.9 Å². The average Bonchev–Trinajstić information content (AvgIpc) is 2.44. The number of hydrogen-bond donors (Lipinski definition) is 1. The topological polar surface area (TPSA) is 81.7 Å². The van der Waals surface area contributed by atoms with Crippen molar-refractivity contribution in [2.75, 3.05) is 19.5 Å². The Hall–Kier alpha value is -2.37. The first-order valence-electron chi connectivity index (χ1n) is 5.62. The second-order valence-electron chi connectivity index (χ2n) is 3.69. The summed E-state index contributed by atoms with van der Waals surface area (Å²) in [6, 6.07) is 6.26. The number of methoxy groups -OCH3 is 2. The van der Waals surface area contributed by atoms with Crippen molar-refractivity contribution in [1.29, 1.82) is 0 Å². The highest BCUT2D eigenvalue weighted by molar-refractivity contribution is 5.94. The molecule has 1 aromatic rings. The van der Waals surface area contributed by atoms with Crippen LogP contribution in [0.5, 0.6) is 0 Å². The maximum absolute atomic E-state index is 11.5. The molecule has 1 rings (SSSR count). The van der Waals surface area contributed by atoms with Crippen molar-refractivity contribution in [2.45, 2.75) is 12.8 Å². The molecule has 0 aliphatic heterocycles. The molecular formula is C13H15NO5. The maximum atomic E-state index is 11.5. The van der Waals surface area contributed by atoms with Gasteiger partial charge in [0.1, 0.15) is 0 Å². The van der Waals surface area contributed by atoms with Crippen LogP contribution in [0.25, 0.3) is 0 Å². The third-order valence-corrected chi connectivity index (χ3v) is 2.37. The summed E-state index contributed by atoms with van der Waals surface area (Å²) in [5, 5.41) is 2.61. The minimum Gasteiger partial charge on any atom is -0.469 e. The van der Waals surface area contributed by atoms with Gasteiger partial charge in [0.2, 0.25) is 5.91 Å². The smallest absolute Gasteiger partial charge is 0.337 e. The highest BCUT2D eigenvalue weighted by Crippen LogP contribution is 2.11. The highest BCUT2D eigenvalue weighted by atomic mass is 16.5. The summed E-state index contributed by atoms with van der Waals surface area (Å²) in [5.41, 5.74) is 0.942. The Morgan fingerprint density at radius 3 is 2.16 bits per heavy atom. The van der Waals surface area contributed by atoms with Crippen molar-refractivity contribution in [2.24, 2.45) is 0 Å². The highest BCUT2D eigenvalue weighted by Gasteiger charge is 2.08. The Labute approximate surface area is 110 Å². The quantitative estimate of drug-likeness (QED) is 0.813. The molecular weight excluding hydrogens is 250 g/mol. The van der Waals surface area contributed by atoms with Crippen molar-refractivity contribution >= 4 is 23.5 Å². The normalized spacial score (nSPS) is 9.58. The number of carbonyl (C=O) groups is 3. The molecule has 0 spiro atoms. The molecule has 1 aromatic carbocycles. The summed E-state index contributed by atoms with van der Waals surface area (Å²) in [6.07, 6.45) is 0.0774. The summed E-state index contributed by atoms with van der Waals surface area (Å²) in [4.78, 5) is 33.6. The first-order valence-corrected chi connectivity index (χ1v) is 5.62. The molecule has 1 amide bonds. The molecule has 0 heterocycles. The molecule has 0 aliphatic rings. The van der Waals surface area contributed by atoms with Crippen LogP contribution >= 0.6 is 0 Å². The van der Waals surface area contributed by atoms with Gasteiger partial charge in [-0.2, -0.15) is 0 Å². The summed E-state index contributed by atoms with van der Waals surface area (Å²) in [5.74, 6) is -1.17. The lowest BCUT2D eigenvalue weighted by Gasteiger charge is -2.05. The first-order chi connectivity index (χ1) is 9.06. The van der Waals surface area contributed by atoms with Gasteiger partial charge in [0.15, 0.2) is 0 Å². The molecule has 0 unspecified atom stereocenters. The summed E-state index contributed by atoms with van der Waals surface area (Å²) < 4.78 is 8.99. The summed E-state index contributed by atoms with van der Waals surface area (Å²) in [7, 11) is 2.57. The number of hydrogen-bond acceptors (Lipinski definition) is 5. The number of benzene rings is 1. The largest absolute Gasteiger partial charge is 0.469 e. The zero-order valence-electron chi connectivity index (χ0n) is 10.8. The number of carbonyl (C=O) groups excluding carboxylic acids is 3. The molecule has 0 atom stereocenters. The van der Waals surface area contributed by atoms with Crippen molar-refractivity contribution in [3.05, 3.63) is 29.8 Å². The van der Waals surface area contributed by atoms with E-state index >= 15 is 0 Å². The Morgan fingerprint density at radius 1 is 1.00 bits per heavy atom. The third-order valence-electron chi connectivity index (χ3n) is 2.37. The summed E-state index contributed by atoms with van der Waals surface area (Å²) >= 11 is 0. The average molecular weight is 265 g/mol. The van der Waals surface area contributed by atoms with Gasteiger partial charge in [0.05, 0.1) is 26.2 Å². The minimum absolute atomic E-state index is 0.0303. The second kappa shape index (κ2) is 7.15. The van der Waals surface area contributed by atoms with Crippen LogP contribution in [0.15, 0.2) is 24.3 Å². The standard InChI is InChI=1S/C13H15NO5/c1-18-12(16)8-7-11(15)14-10-5-3-9(4-6-10)13(17)19-2/h3-6H,7-8H2,1-2H3,(H,14,15). The van der Waals surface area contributed by atoms with Gasteiger partial charge >= 0.3 is 11.9 Å². The SMILES string of the molecule is COC(=O)CCC(=O)Nc1ccc(C(=O)OC)cc1. The van der Waals surface area contributed by atoms with Crippen LogP contribution in [-0.4, -0.2) is 32.1 Å². The maximum Gasteiger partial charge on any atom is 0.337 e. The van der Waals surface area contributed by atoms with Crippen molar-refractivity contribution in [3.63, 3.8) is 0 Å². The summed E-state index contributed by atoms with van der Waals surface area (Å²) in [6.45, 7) is 0. The van der Waals surface area contributed by atoms with Crippen LogP contribution in [-0.2, 0) is 19.1 Å².